The van der Waals surface area contributed by atoms with Crippen LogP contribution in [0.5, 0.6) is 0 Å². The number of likely N-dealkylation sites (N-methyl/N-ethyl adjacent to an activating group) is 1. The number of ether oxygens (including phenoxy) is 1. The maximum absolute atomic E-state index is 12.6. The summed E-state index contributed by atoms with van der Waals surface area (Å²) in [5.41, 5.74) is 2.00. The molecule has 0 saturated heterocycles. The average molecular weight is 408 g/mol. The van der Waals surface area contributed by atoms with Gasteiger partial charge in [0.15, 0.2) is 6.61 Å². The van der Waals surface area contributed by atoms with Gasteiger partial charge in [0, 0.05) is 38.3 Å². The van der Waals surface area contributed by atoms with Gasteiger partial charge >= 0.3 is 5.97 Å². The number of hydrogen-bond acceptors (Lipinski definition) is 5. The van der Waals surface area contributed by atoms with Crippen molar-refractivity contribution >= 4 is 29.3 Å². The molecular formula is C20H22F2N2O3S. The quantitative estimate of drug-likeness (QED) is 0.490. The lowest BCUT2D eigenvalue weighted by Gasteiger charge is -2.18. The molecule has 1 amide bonds. The van der Waals surface area contributed by atoms with Crippen LogP contribution in [0.3, 0.4) is 0 Å². The van der Waals surface area contributed by atoms with E-state index in [0.29, 0.717) is 6.54 Å². The van der Waals surface area contributed by atoms with Crippen molar-refractivity contribution < 1.29 is 23.1 Å². The molecule has 0 fully saturated rings. The Morgan fingerprint density at radius 2 is 1.68 bits per heavy atom. The Morgan fingerprint density at radius 1 is 1.04 bits per heavy atom. The number of amides is 1. The first-order chi connectivity index (χ1) is 13.3. The van der Waals surface area contributed by atoms with Crippen LogP contribution in [-0.2, 0) is 16.1 Å². The minimum Gasteiger partial charge on any atom is -0.452 e. The van der Waals surface area contributed by atoms with Crippen LogP contribution >= 0.6 is 11.8 Å². The Balaban J connectivity index is 1.91. The van der Waals surface area contributed by atoms with Crippen molar-refractivity contribution in [3.63, 3.8) is 0 Å². The smallest absolute Gasteiger partial charge is 0.339 e. The number of carbonyl (C=O) groups is 2. The molecule has 0 radical (unpaired) electrons. The lowest BCUT2D eigenvalue weighted by molar-refractivity contribution is -0.133. The second-order valence-corrected chi connectivity index (χ2v) is 7.29. The molecule has 0 spiro atoms. The van der Waals surface area contributed by atoms with Crippen LogP contribution in [0.2, 0.25) is 0 Å². The van der Waals surface area contributed by atoms with E-state index in [1.807, 2.05) is 43.3 Å². The van der Waals surface area contributed by atoms with Crippen molar-refractivity contribution in [3.05, 3.63) is 59.7 Å². The fraction of sp³-hybridized carbons (Fsp3) is 0.300. The van der Waals surface area contributed by atoms with E-state index in [2.05, 4.69) is 0 Å². The van der Waals surface area contributed by atoms with E-state index in [0.717, 1.165) is 11.3 Å². The molecule has 2 aromatic carbocycles. The number of halogens is 2. The summed E-state index contributed by atoms with van der Waals surface area (Å²) in [5, 5.41) is 0. The minimum atomic E-state index is -2.65. The van der Waals surface area contributed by atoms with Crippen LogP contribution in [0.15, 0.2) is 53.4 Å². The fourth-order valence-electron chi connectivity index (χ4n) is 2.41. The zero-order valence-electron chi connectivity index (χ0n) is 15.9. The maximum Gasteiger partial charge on any atom is 0.339 e. The molecule has 0 aliphatic rings. The Hall–Kier alpha value is -2.61. The first kappa shape index (κ1) is 21.7. The second kappa shape index (κ2) is 10.1. The highest BCUT2D eigenvalue weighted by atomic mass is 32.2. The number of thioether (sulfide) groups is 1. The van der Waals surface area contributed by atoms with Crippen LogP contribution in [0.1, 0.15) is 15.9 Å². The molecular weight excluding hydrogens is 386 g/mol. The van der Waals surface area contributed by atoms with Crippen molar-refractivity contribution in [3.8, 4) is 0 Å². The Kier molecular flexibility index (Phi) is 7.80. The number of esters is 1. The average Bonchev–Trinajstić information content (AvgIpc) is 2.66. The summed E-state index contributed by atoms with van der Waals surface area (Å²) >= 11 is 0.266. The third-order valence-corrected chi connectivity index (χ3v) is 4.74. The normalized spacial score (nSPS) is 10.6. The van der Waals surface area contributed by atoms with Gasteiger partial charge in [-0.1, -0.05) is 36.0 Å². The Morgan fingerprint density at radius 3 is 2.29 bits per heavy atom. The number of nitrogens with zero attached hydrogens (tertiary/aromatic N) is 2. The zero-order valence-corrected chi connectivity index (χ0v) is 16.7. The lowest BCUT2D eigenvalue weighted by atomic mass is 10.2. The summed E-state index contributed by atoms with van der Waals surface area (Å²) in [6.07, 6.45) is 0. The molecule has 0 bridgehead atoms. The second-order valence-electron chi connectivity index (χ2n) is 6.26. The van der Waals surface area contributed by atoms with Crippen molar-refractivity contribution in [2.45, 2.75) is 17.2 Å². The summed E-state index contributed by atoms with van der Waals surface area (Å²) in [4.78, 5) is 27.9. The van der Waals surface area contributed by atoms with E-state index in [1.54, 1.807) is 19.2 Å². The molecule has 2 aromatic rings. The molecule has 0 aliphatic heterocycles. The third kappa shape index (κ3) is 6.23. The van der Waals surface area contributed by atoms with Gasteiger partial charge in [0.2, 0.25) is 0 Å². The lowest BCUT2D eigenvalue weighted by Crippen LogP contribution is -2.30. The van der Waals surface area contributed by atoms with Crippen molar-refractivity contribution in [2.75, 3.05) is 32.6 Å². The molecule has 0 saturated carbocycles. The van der Waals surface area contributed by atoms with Crippen LogP contribution in [0.25, 0.3) is 0 Å². The van der Waals surface area contributed by atoms with Gasteiger partial charge in [-0.15, -0.1) is 0 Å². The predicted octanol–water partition coefficient (Wildman–Crippen LogP) is 3.88. The molecule has 2 rings (SSSR count). The van der Waals surface area contributed by atoms with Crippen molar-refractivity contribution in [2.24, 2.45) is 0 Å². The molecule has 0 heterocycles. The topological polar surface area (TPSA) is 49.9 Å². The van der Waals surface area contributed by atoms with Gasteiger partial charge in [0.1, 0.15) is 0 Å². The fourth-order valence-corrected chi connectivity index (χ4v) is 3.04. The van der Waals surface area contributed by atoms with Gasteiger partial charge in [-0.25, -0.2) is 4.79 Å². The number of rotatable bonds is 8. The van der Waals surface area contributed by atoms with Gasteiger partial charge in [0.05, 0.1) is 5.56 Å². The van der Waals surface area contributed by atoms with Crippen LogP contribution < -0.4 is 4.90 Å². The molecule has 0 N–H and O–H groups in total. The van der Waals surface area contributed by atoms with Gasteiger partial charge < -0.3 is 14.5 Å². The van der Waals surface area contributed by atoms with E-state index in [9.17, 15) is 18.4 Å². The number of benzene rings is 2. The third-order valence-electron chi connectivity index (χ3n) is 3.95. The van der Waals surface area contributed by atoms with Crippen LogP contribution in [-0.4, -0.2) is 50.3 Å². The highest BCUT2D eigenvalue weighted by Crippen LogP contribution is 2.28. The van der Waals surface area contributed by atoms with Crippen molar-refractivity contribution in [1.29, 1.82) is 0 Å². The van der Waals surface area contributed by atoms with Crippen LogP contribution in [0.4, 0.5) is 14.5 Å². The summed E-state index contributed by atoms with van der Waals surface area (Å²) < 4.78 is 30.2. The molecule has 0 aromatic heterocycles. The molecule has 28 heavy (non-hydrogen) atoms. The molecule has 0 atom stereocenters. The standard InChI is InChI=1S/C20H22F2N2O3S/c1-23(2)15-10-8-14(9-11-15)12-24(3)18(25)13-27-19(26)16-6-4-5-7-17(16)28-20(21)22/h4-11,20H,12-13H2,1-3H3. The van der Waals surface area contributed by atoms with Crippen LogP contribution in [0, 0.1) is 0 Å². The molecule has 8 heteroatoms. The van der Waals surface area contributed by atoms with E-state index in [-0.39, 0.29) is 28.1 Å². The number of hydrogen-bond donors (Lipinski definition) is 0. The Bertz CT molecular complexity index is 813. The number of carbonyl (C=O) groups excluding carboxylic acids is 2. The minimum absolute atomic E-state index is 0.0162. The van der Waals surface area contributed by atoms with E-state index in [1.165, 1.54) is 17.0 Å². The summed E-state index contributed by atoms with van der Waals surface area (Å²) in [6, 6.07) is 13.7. The number of anilines is 1. The highest BCUT2D eigenvalue weighted by Gasteiger charge is 2.18. The molecule has 0 unspecified atom stereocenters. The SMILES string of the molecule is CN(Cc1ccc(N(C)C)cc1)C(=O)COC(=O)c1ccccc1SC(F)F. The maximum atomic E-state index is 12.6. The largest absolute Gasteiger partial charge is 0.452 e. The Labute approximate surface area is 167 Å². The van der Waals surface area contributed by atoms with Gasteiger partial charge in [-0.05, 0) is 29.8 Å². The molecule has 0 aliphatic carbocycles. The first-order valence-electron chi connectivity index (χ1n) is 8.49. The van der Waals surface area contributed by atoms with E-state index < -0.39 is 18.3 Å². The van der Waals surface area contributed by atoms with Gasteiger partial charge in [-0.2, -0.15) is 8.78 Å². The summed E-state index contributed by atoms with van der Waals surface area (Å²) in [7, 11) is 5.49. The highest BCUT2D eigenvalue weighted by molar-refractivity contribution is 7.99. The molecule has 150 valence electrons. The zero-order chi connectivity index (χ0) is 20.7. The first-order valence-corrected chi connectivity index (χ1v) is 9.37. The molecule has 5 nitrogen and oxygen atoms in total. The van der Waals surface area contributed by atoms with Gasteiger partial charge in [-0.3, -0.25) is 4.79 Å². The van der Waals surface area contributed by atoms with E-state index >= 15 is 0 Å². The van der Waals surface area contributed by atoms with E-state index in [4.69, 9.17) is 4.74 Å². The summed E-state index contributed by atoms with van der Waals surface area (Å²) in [5.74, 6) is -3.84. The predicted molar refractivity (Wildman–Crippen MR) is 106 cm³/mol. The summed E-state index contributed by atoms with van der Waals surface area (Å²) in [6.45, 7) is -0.0965. The monoisotopic (exact) mass is 408 g/mol. The number of alkyl halides is 2. The van der Waals surface area contributed by atoms with Gasteiger partial charge in [0.25, 0.3) is 11.7 Å². The van der Waals surface area contributed by atoms with Crippen molar-refractivity contribution in [1.82, 2.24) is 4.90 Å².